The summed E-state index contributed by atoms with van der Waals surface area (Å²) < 4.78 is 10.6. The Bertz CT molecular complexity index is 535. The maximum atomic E-state index is 12.4. The minimum Gasteiger partial charge on any atom is -0.362 e. The summed E-state index contributed by atoms with van der Waals surface area (Å²) in [5.74, 6) is 0.378. The summed E-state index contributed by atoms with van der Waals surface area (Å²) in [7, 11) is 1.56. The second-order valence-corrected chi connectivity index (χ2v) is 5.45. The van der Waals surface area contributed by atoms with Crippen LogP contribution in [0.25, 0.3) is 0 Å². The molecule has 1 aliphatic heterocycles. The fourth-order valence-corrected chi connectivity index (χ4v) is 2.50. The van der Waals surface area contributed by atoms with Crippen molar-refractivity contribution in [3.05, 3.63) is 17.0 Å². The smallest absolute Gasteiger partial charge is 0.253 e. The number of nitrogens with one attached hydrogen (secondary N) is 1. The number of hydrogen-bond donors (Lipinski definition) is 1. The Kier molecular flexibility index (Phi) is 4.32. The molecule has 1 atom stereocenters. The highest BCUT2D eigenvalue weighted by Gasteiger charge is 2.40. The van der Waals surface area contributed by atoms with Gasteiger partial charge in [-0.3, -0.25) is 9.59 Å². The maximum Gasteiger partial charge on any atom is 0.253 e. The fraction of sp³-hybridized carbons (Fsp3) is 0.643. The highest BCUT2D eigenvalue weighted by Crippen LogP contribution is 2.20. The molecule has 0 spiro atoms. The van der Waals surface area contributed by atoms with Gasteiger partial charge in [0.15, 0.2) is 5.60 Å². The molecule has 0 saturated carbocycles. The van der Waals surface area contributed by atoms with Crippen LogP contribution in [0.3, 0.4) is 0 Å². The average molecular weight is 295 g/mol. The van der Waals surface area contributed by atoms with E-state index in [1.54, 1.807) is 25.8 Å². The number of ether oxygens (including phenoxy) is 1. The van der Waals surface area contributed by atoms with Crippen LogP contribution in [-0.4, -0.2) is 54.2 Å². The zero-order chi connectivity index (χ0) is 15.6. The van der Waals surface area contributed by atoms with Crippen LogP contribution in [0.5, 0.6) is 0 Å². The van der Waals surface area contributed by atoms with Crippen LogP contribution in [0.2, 0.25) is 0 Å². The number of amides is 2. The standard InChI is InChI=1S/C14H21N3O4/c1-9-11(10(2)21-16-9)7-12(18)17-5-6-20-14(3,8-17)13(19)15-4/h5-8H2,1-4H3,(H,15,19)/t14-/m1/s1. The number of aromatic nitrogens is 1. The van der Waals surface area contributed by atoms with E-state index in [0.29, 0.717) is 18.9 Å². The Morgan fingerprint density at radius 3 is 2.71 bits per heavy atom. The van der Waals surface area contributed by atoms with Crippen LogP contribution in [0.4, 0.5) is 0 Å². The minimum atomic E-state index is -0.999. The number of carbonyl (C=O) groups is 2. The van der Waals surface area contributed by atoms with Crippen molar-refractivity contribution >= 4 is 11.8 Å². The Labute approximate surface area is 123 Å². The molecule has 1 fully saturated rings. The monoisotopic (exact) mass is 295 g/mol. The first-order valence-corrected chi connectivity index (χ1v) is 6.93. The molecule has 1 aromatic rings. The fourth-order valence-electron chi connectivity index (χ4n) is 2.50. The van der Waals surface area contributed by atoms with Crippen molar-refractivity contribution in [3.63, 3.8) is 0 Å². The van der Waals surface area contributed by atoms with Crippen LogP contribution in [-0.2, 0) is 20.7 Å². The summed E-state index contributed by atoms with van der Waals surface area (Å²) >= 11 is 0. The van der Waals surface area contributed by atoms with Crippen molar-refractivity contribution in [1.29, 1.82) is 0 Å². The number of aryl methyl sites for hydroxylation is 2. The summed E-state index contributed by atoms with van der Waals surface area (Å²) in [5.41, 5.74) is 0.540. The summed E-state index contributed by atoms with van der Waals surface area (Å²) in [4.78, 5) is 26.0. The lowest BCUT2D eigenvalue weighted by Crippen LogP contribution is -2.59. The molecular formula is C14H21N3O4. The first-order chi connectivity index (χ1) is 9.87. The van der Waals surface area contributed by atoms with Gasteiger partial charge in [0, 0.05) is 19.2 Å². The third-order valence-corrected chi connectivity index (χ3v) is 3.84. The number of morpholine rings is 1. The zero-order valence-corrected chi connectivity index (χ0v) is 12.9. The lowest BCUT2D eigenvalue weighted by molar-refractivity contribution is -0.162. The van der Waals surface area contributed by atoms with Crippen molar-refractivity contribution in [1.82, 2.24) is 15.4 Å². The molecule has 1 aromatic heterocycles. The molecule has 7 heteroatoms. The number of carbonyl (C=O) groups excluding carboxylic acids is 2. The molecule has 2 heterocycles. The number of likely N-dealkylation sites (N-methyl/N-ethyl adjacent to an activating group) is 1. The van der Waals surface area contributed by atoms with E-state index in [1.165, 1.54) is 0 Å². The van der Waals surface area contributed by atoms with Crippen molar-refractivity contribution in [2.45, 2.75) is 32.8 Å². The van der Waals surface area contributed by atoms with Gasteiger partial charge in [-0.2, -0.15) is 0 Å². The Morgan fingerprint density at radius 2 is 2.14 bits per heavy atom. The predicted molar refractivity (Wildman–Crippen MR) is 74.7 cm³/mol. The minimum absolute atomic E-state index is 0.0529. The number of hydrogen-bond acceptors (Lipinski definition) is 5. The first kappa shape index (κ1) is 15.5. The molecule has 21 heavy (non-hydrogen) atoms. The van der Waals surface area contributed by atoms with E-state index < -0.39 is 5.60 Å². The molecule has 2 rings (SSSR count). The van der Waals surface area contributed by atoms with Crippen LogP contribution in [0.1, 0.15) is 23.9 Å². The molecule has 1 N–H and O–H groups in total. The number of nitrogens with zero attached hydrogens (tertiary/aromatic N) is 2. The van der Waals surface area contributed by atoms with Crippen LogP contribution >= 0.6 is 0 Å². The summed E-state index contributed by atoms with van der Waals surface area (Å²) in [6.45, 7) is 6.37. The van der Waals surface area contributed by atoms with Gasteiger partial charge in [-0.05, 0) is 20.8 Å². The second kappa shape index (κ2) is 5.85. The van der Waals surface area contributed by atoms with E-state index in [1.807, 2.05) is 6.92 Å². The van der Waals surface area contributed by atoms with Gasteiger partial charge in [0.2, 0.25) is 5.91 Å². The maximum absolute atomic E-state index is 12.4. The quantitative estimate of drug-likeness (QED) is 0.861. The van der Waals surface area contributed by atoms with E-state index in [-0.39, 0.29) is 24.8 Å². The Balaban J connectivity index is 2.08. The van der Waals surface area contributed by atoms with Gasteiger partial charge in [0.05, 0.1) is 25.3 Å². The average Bonchev–Trinajstić information content (AvgIpc) is 2.78. The van der Waals surface area contributed by atoms with E-state index in [4.69, 9.17) is 9.26 Å². The Hall–Kier alpha value is -1.89. The zero-order valence-electron chi connectivity index (χ0n) is 12.9. The van der Waals surface area contributed by atoms with Crippen LogP contribution in [0, 0.1) is 13.8 Å². The van der Waals surface area contributed by atoms with Gasteiger partial charge in [-0.25, -0.2) is 0 Å². The lowest BCUT2D eigenvalue weighted by atomic mass is 10.0. The van der Waals surface area contributed by atoms with Gasteiger partial charge in [-0.15, -0.1) is 0 Å². The second-order valence-electron chi connectivity index (χ2n) is 5.45. The van der Waals surface area contributed by atoms with E-state index in [0.717, 1.165) is 11.3 Å². The number of rotatable bonds is 3. The van der Waals surface area contributed by atoms with E-state index in [9.17, 15) is 9.59 Å². The molecular weight excluding hydrogens is 274 g/mol. The SMILES string of the molecule is CNC(=O)[C@@]1(C)CN(C(=O)Cc2c(C)noc2C)CCO1. The molecule has 0 bridgehead atoms. The third-order valence-electron chi connectivity index (χ3n) is 3.84. The molecule has 116 valence electrons. The van der Waals surface area contributed by atoms with E-state index >= 15 is 0 Å². The van der Waals surface area contributed by atoms with Gasteiger partial charge in [0.25, 0.3) is 5.91 Å². The topological polar surface area (TPSA) is 84.7 Å². The third kappa shape index (κ3) is 3.07. The van der Waals surface area contributed by atoms with Gasteiger partial charge >= 0.3 is 0 Å². The molecule has 0 unspecified atom stereocenters. The van der Waals surface area contributed by atoms with Crippen molar-refractivity contribution in [2.75, 3.05) is 26.7 Å². The first-order valence-electron chi connectivity index (χ1n) is 6.93. The van der Waals surface area contributed by atoms with Crippen LogP contribution < -0.4 is 5.32 Å². The molecule has 1 aliphatic rings. The summed E-state index contributed by atoms with van der Waals surface area (Å²) in [6, 6.07) is 0. The van der Waals surface area contributed by atoms with Gasteiger partial charge in [-0.1, -0.05) is 5.16 Å². The molecule has 2 amide bonds. The lowest BCUT2D eigenvalue weighted by Gasteiger charge is -2.39. The molecule has 1 saturated heterocycles. The molecule has 0 aliphatic carbocycles. The van der Waals surface area contributed by atoms with Gasteiger partial charge in [0.1, 0.15) is 5.76 Å². The molecule has 0 aromatic carbocycles. The largest absolute Gasteiger partial charge is 0.362 e. The van der Waals surface area contributed by atoms with Crippen molar-refractivity contribution < 1.29 is 18.8 Å². The van der Waals surface area contributed by atoms with Crippen molar-refractivity contribution in [3.8, 4) is 0 Å². The predicted octanol–water partition coefficient (Wildman–Crippen LogP) is 0.197. The highest BCUT2D eigenvalue weighted by molar-refractivity contribution is 5.86. The molecule has 0 radical (unpaired) electrons. The normalized spacial score (nSPS) is 22.2. The highest BCUT2D eigenvalue weighted by atomic mass is 16.5. The van der Waals surface area contributed by atoms with E-state index in [2.05, 4.69) is 10.5 Å². The summed E-state index contributed by atoms with van der Waals surface area (Å²) in [6.07, 6.45) is 0.227. The summed E-state index contributed by atoms with van der Waals surface area (Å²) in [5, 5.41) is 6.42. The van der Waals surface area contributed by atoms with Crippen molar-refractivity contribution in [2.24, 2.45) is 0 Å². The molecule has 7 nitrogen and oxygen atoms in total. The Morgan fingerprint density at radius 1 is 1.43 bits per heavy atom. The van der Waals surface area contributed by atoms with Gasteiger partial charge < -0.3 is 19.5 Å². The van der Waals surface area contributed by atoms with Crippen LogP contribution in [0.15, 0.2) is 4.52 Å².